The van der Waals surface area contributed by atoms with Crippen molar-refractivity contribution < 1.29 is 9.90 Å². The number of hydrogen-bond acceptors (Lipinski definition) is 3. The van der Waals surface area contributed by atoms with Crippen molar-refractivity contribution in [1.82, 2.24) is 4.98 Å². The predicted molar refractivity (Wildman–Crippen MR) is 75.4 cm³/mol. The van der Waals surface area contributed by atoms with Crippen LogP contribution in [0, 0.1) is 11.8 Å². The molecule has 0 saturated heterocycles. The first kappa shape index (κ1) is 13.8. The Labute approximate surface area is 114 Å². The Morgan fingerprint density at radius 2 is 2.05 bits per heavy atom. The summed E-state index contributed by atoms with van der Waals surface area (Å²) in [7, 11) is 0. The molecule has 0 atom stereocenters. The summed E-state index contributed by atoms with van der Waals surface area (Å²) < 4.78 is 0. The number of hydrogen-bond donors (Lipinski definition) is 2. The van der Waals surface area contributed by atoms with Gasteiger partial charge < -0.3 is 10.4 Å². The van der Waals surface area contributed by atoms with Gasteiger partial charge in [0.05, 0.1) is 0 Å². The number of aromatic carboxylic acids is 1. The van der Waals surface area contributed by atoms with E-state index in [0.717, 1.165) is 18.2 Å². The first-order valence-corrected chi connectivity index (χ1v) is 7.12. The van der Waals surface area contributed by atoms with E-state index in [1.807, 2.05) is 6.07 Å². The van der Waals surface area contributed by atoms with Crippen molar-refractivity contribution in [3.05, 3.63) is 24.0 Å². The maximum atomic E-state index is 10.8. The number of anilines is 1. The Bertz CT molecular complexity index is 426. The lowest BCUT2D eigenvalue weighted by Crippen LogP contribution is -2.21. The van der Waals surface area contributed by atoms with Gasteiger partial charge in [-0.1, -0.05) is 26.2 Å². The molecule has 4 heteroatoms. The van der Waals surface area contributed by atoms with E-state index in [1.165, 1.54) is 32.1 Å². The Kier molecular flexibility index (Phi) is 4.77. The van der Waals surface area contributed by atoms with Gasteiger partial charge in [0.1, 0.15) is 5.69 Å². The maximum absolute atomic E-state index is 10.8. The molecule has 1 fully saturated rings. The van der Waals surface area contributed by atoms with Crippen LogP contribution in [0.2, 0.25) is 0 Å². The summed E-state index contributed by atoms with van der Waals surface area (Å²) in [5, 5.41) is 12.2. The monoisotopic (exact) mass is 262 g/mol. The van der Waals surface area contributed by atoms with Crippen molar-refractivity contribution in [2.24, 2.45) is 11.8 Å². The van der Waals surface area contributed by atoms with Crippen LogP contribution in [0.15, 0.2) is 18.3 Å². The normalized spacial score (nSPS) is 23.0. The lowest BCUT2D eigenvalue weighted by atomic mass is 9.81. The fourth-order valence-corrected chi connectivity index (χ4v) is 2.76. The van der Waals surface area contributed by atoms with Crippen molar-refractivity contribution in [2.45, 2.75) is 39.0 Å². The quantitative estimate of drug-likeness (QED) is 0.853. The molecule has 1 aromatic heterocycles. The van der Waals surface area contributed by atoms with Crippen LogP contribution in [0.1, 0.15) is 49.5 Å². The average molecular weight is 262 g/mol. The van der Waals surface area contributed by atoms with Crippen molar-refractivity contribution in [2.75, 3.05) is 11.9 Å². The van der Waals surface area contributed by atoms with Crippen molar-refractivity contribution >= 4 is 11.7 Å². The molecule has 0 amide bonds. The summed E-state index contributed by atoms with van der Waals surface area (Å²) in [6.07, 6.45) is 8.07. The molecule has 0 spiro atoms. The van der Waals surface area contributed by atoms with Crippen LogP contribution >= 0.6 is 0 Å². The van der Waals surface area contributed by atoms with Gasteiger partial charge in [-0.2, -0.15) is 0 Å². The molecular weight excluding hydrogens is 240 g/mol. The van der Waals surface area contributed by atoms with Gasteiger partial charge in [0.2, 0.25) is 0 Å². The second kappa shape index (κ2) is 6.55. The van der Waals surface area contributed by atoms with Gasteiger partial charge in [-0.15, -0.1) is 0 Å². The van der Waals surface area contributed by atoms with E-state index in [0.29, 0.717) is 5.92 Å². The van der Waals surface area contributed by atoms with Crippen LogP contribution in [-0.2, 0) is 0 Å². The van der Waals surface area contributed by atoms with E-state index in [1.54, 1.807) is 12.3 Å². The number of nitrogens with zero attached hydrogens (tertiary/aromatic N) is 1. The fraction of sp³-hybridized carbons (Fsp3) is 0.600. The number of rotatable bonds is 5. The summed E-state index contributed by atoms with van der Waals surface area (Å²) >= 11 is 0. The molecule has 0 radical (unpaired) electrons. The second-order valence-corrected chi connectivity index (χ2v) is 5.41. The highest BCUT2D eigenvalue weighted by atomic mass is 16.4. The lowest BCUT2D eigenvalue weighted by molar-refractivity contribution is 0.0690. The summed E-state index contributed by atoms with van der Waals surface area (Å²) in [5.74, 6) is 0.645. The van der Waals surface area contributed by atoms with Crippen LogP contribution in [-0.4, -0.2) is 22.6 Å². The van der Waals surface area contributed by atoms with E-state index in [-0.39, 0.29) is 5.69 Å². The molecular formula is C15H22N2O2. The molecule has 104 valence electrons. The van der Waals surface area contributed by atoms with Gasteiger partial charge in [0, 0.05) is 18.4 Å². The molecule has 0 aromatic carbocycles. The zero-order valence-corrected chi connectivity index (χ0v) is 11.4. The Balaban J connectivity index is 1.82. The van der Waals surface area contributed by atoms with Gasteiger partial charge in [0.25, 0.3) is 0 Å². The van der Waals surface area contributed by atoms with E-state index in [9.17, 15) is 4.79 Å². The van der Waals surface area contributed by atoms with Crippen molar-refractivity contribution in [3.63, 3.8) is 0 Å². The number of nitrogens with one attached hydrogen (secondary N) is 1. The van der Waals surface area contributed by atoms with Gasteiger partial charge in [-0.3, -0.25) is 0 Å². The minimum absolute atomic E-state index is 0.0969. The highest BCUT2D eigenvalue weighted by Crippen LogP contribution is 2.30. The average Bonchev–Trinajstić information content (AvgIpc) is 2.46. The number of pyridine rings is 1. The summed E-state index contributed by atoms with van der Waals surface area (Å²) in [4.78, 5) is 14.7. The minimum Gasteiger partial charge on any atom is -0.477 e. The van der Waals surface area contributed by atoms with Gasteiger partial charge in [0.15, 0.2) is 0 Å². The minimum atomic E-state index is -0.980. The smallest absolute Gasteiger partial charge is 0.354 e. The third kappa shape index (κ3) is 3.94. The van der Waals surface area contributed by atoms with Gasteiger partial charge in [-0.05, 0) is 36.8 Å². The fourth-order valence-electron chi connectivity index (χ4n) is 2.76. The standard InChI is InChI=1S/C15H22N2O2/c1-2-11-3-5-12(6-4-11)10-17-13-7-8-16-14(9-13)15(18)19/h7-9,11-12H,2-6,10H2,1H3,(H,16,17)(H,18,19). The Hall–Kier alpha value is -1.58. The molecule has 4 nitrogen and oxygen atoms in total. The molecule has 0 unspecified atom stereocenters. The number of carbonyl (C=O) groups is 1. The van der Waals surface area contributed by atoms with Crippen LogP contribution < -0.4 is 5.32 Å². The summed E-state index contributed by atoms with van der Waals surface area (Å²) in [5.41, 5.74) is 0.949. The molecule has 1 aromatic rings. The molecule has 1 aliphatic carbocycles. The highest BCUT2D eigenvalue weighted by molar-refractivity contribution is 5.86. The molecule has 1 aliphatic rings. The van der Waals surface area contributed by atoms with E-state index in [4.69, 9.17) is 5.11 Å². The van der Waals surface area contributed by atoms with E-state index >= 15 is 0 Å². The van der Waals surface area contributed by atoms with Crippen LogP contribution in [0.4, 0.5) is 5.69 Å². The summed E-state index contributed by atoms with van der Waals surface area (Å²) in [6.45, 7) is 3.20. The molecule has 0 aliphatic heterocycles. The highest BCUT2D eigenvalue weighted by Gasteiger charge is 2.19. The lowest BCUT2D eigenvalue weighted by Gasteiger charge is -2.28. The SMILES string of the molecule is CCC1CCC(CNc2ccnc(C(=O)O)c2)CC1. The molecule has 1 heterocycles. The molecule has 1 saturated carbocycles. The van der Waals surface area contributed by atoms with Crippen LogP contribution in [0.5, 0.6) is 0 Å². The Morgan fingerprint density at radius 3 is 2.68 bits per heavy atom. The number of carboxylic acid groups (broad SMARTS) is 1. The molecule has 19 heavy (non-hydrogen) atoms. The van der Waals surface area contributed by atoms with Crippen molar-refractivity contribution in [3.8, 4) is 0 Å². The van der Waals surface area contributed by atoms with E-state index < -0.39 is 5.97 Å². The largest absolute Gasteiger partial charge is 0.477 e. The first-order chi connectivity index (χ1) is 9.19. The van der Waals surface area contributed by atoms with E-state index in [2.05, 4.69) is 17.2 Å². The van der Waals surface area contributed by atoms with Crippen molar-refractivity contribution in [1.29, 1.82) is 0 Å². The maximum Gasteiger partial charge on any atom is 0.354 e. The van der Waals surface area contributed by atoms with Gasteiger partial charge in [-0.25, -0.2) is 9.78 Å². The zero-order chi connectivity index (χ0) is 13.7. The molecule has 0 bridgehead atoms. The second-order valence-electron chi connectivity index (χ2n) is 5.41. The van der Waals surface area contributed by atoms with Crippen LogP contribution in [0.3, 0.4) is 0 Å². The number of carboxylic acids is 1. The number of aromatic nitrogens is 1. The third-order valence-electron chi connectivity index (χ3n) is 4.12. The third-order valence-corrected chi connectivity index (χ3v) is 4.12. The first-order valence-electron chi connectivity index (χ1n) is 7.12. The van der Waals surface area contributed by atoms with Crippen LogP contribution in [0.25, 0.3) is 0 Å². The molecule has 2 rings (SSSR count). The molecule has 2 N–H and O–H groups in total. The predicted octanol–water partition coefficient (Wildman–Crippen LogP) is 3.41. The topological polar surface area (TPSA) is 62.2 Å². The summed E-state index contributed by atoms with van der Waals surface area (Å²) in [6, 6.07) is 3.42. The zero-order valence-electron chi connectivity index (χ0n) is 11.4. The Morgan fingerprint density at radius 1 is 1.37 bits per heavy atom. The van der Waals surface area contributed by atoms with Gasteiger partial charge >= 0.3 is 5.97 Å².